The van der Waals surface area contributed by atoms with Gasteiger partial charge in [0.15, 0.2) is 11.5 Å². The van der Waals surface area contributed by atoms with Crippen molar-refractivity contribution in [2.45, 2.75) is 0 Å². The molecule has 0 atom stereocenters. The molecule has 0 spiro atoms. The van der Waals surface area contributed by atoms with Crippen molar-refractivity contribution in [1.29, 1.82) is 0 Å². The molecule has 0 aliphatic heterocycles. The van der Waals surface area contributed by atoms with E-state index in [1.54, 1.807) is 0 Å². The zero-order valence-electron chi connectivity index (χ0n) is 9.29. The van der Waals surface area contributed by atoms with Crippen LogP contribution in [-0.2, 0) is 9.36 Å². The van der Waals surface area contributed by atoms with Crippen molar-refractivity contribution < 1.29 is 28.4 Å². The fraction of sp³-hybridized carbons (Fsp3) is 0.222. The summed E-state index contributed by atoms with van der Waals surface area (Å²) in [6.07, 6.45) is 0. The summed E-state index contributed by atoms with van der Waals surface area (Å²) in [4.78, 5) is 28.4. The van der Waals surface area contributed by atoms with Crippen LogP contribution >= 0.6 is 19.4 Å². The second kappa shape index (κ2) is 6.06. The second-order valence-corrected chi connectivity index (χ2v) is 4.56. The molecule has 1 aromatic rings. The molecule has 0 aliphatic carbocycles. The monoisotopic (exact) mass is 295 g/mol. The maximum atomic E-state index is 11.1. The summed E-state index contributed by atoms with van der Waals surface area (Å²) >= 11 is 5.32. The molecule has 3 N–H and O–H groups in total. The van der Waals surface area contributed by atoms with Gasteiger partial charge in [-0.3, -0.25) is 14.6 Å². The minimum atomic E-state index is -4.66. The van der Waals surface area contributed by atoms with Gasteiger partial charge in [-0.25, -0.2) is 4.57 Å². The van der Waals surface area contributed by atoms with Gasteiger partial charge in [-0.2, -0.15) is 0 Å². The van der Waals surface area contributed by atoms with Crippen molar-refractivity contribution in [3.05, 3.63) is 18.2 Å². The first-order valence-electron chi connectivity index (χ1n) is 4.64. The molecule has 18 heavy (non-hydrogen) atoms. The number of phosphoric acid groups is 1. The molecule has 1 rings (SSSR count). The third-order valence-corrected chi connectivity index (χ3v) is 2.46. The first kappa shape index (κ1) is 14.8. The molecule has 1 aromatic carbocycles. The molecular formula is C9H11ClNO6P. The summed E-state index contributed by atoms with van der Waals surface area (Å²) in [6, 6.07) is 4.02. The number of hydrogen-bond acceptors (Lipinski definition) is 4. The van der Waals surface area contributed by atoms with Crippen LogP contribution in [0.15, 0.2) is 18.2 Å². The molecule has 0 aromatic heterocycles. The average molecular weight is 296 g/mol. The molecule has 7 nitrogen and oxygen atoms in total. The number of methoxy groups -OCH3 is 1. The quantitative estimate of drug-likeness (QED) is 0.559. The largest absolute Gasteiger partial charge is 0.524 e. The van der Waals surface area contributed by atoms with Crippen LogP contribution in [0.2, 0.25) is 0 Å². The predicted octanol–water partition coefficient (Wildman–Crippen LogP) is 1.34. The average Bonchev–Trinajstić information content (AvgIpc) is 2.29. The lowest BCUT2D eigenvalue weighted by Gasteiger charge is -2.12. The van der Waals surface area contributed by atoms with E-state index in [1.165, 1.54) is 25.3 Å². The molecule has 0 unspecified atom stereocenters. The first-order valence-corrected chi connectivity index (χ1v) is 6.71. The number of carbonyl (C=O) groups is 1. The Morgan fingerprint density at radius 1 is 1.44 bits per heavy atom. The standard InChI is InChI=1S/C9H11ClNO6P/c1-16-8-4-6(11-9(12)5-10)2-3-7(8)17-18(13,14)15/h2-4H,5H2,1H3,(H,11,12)(H2,13,14,15). The van der Waals surface area contributed by atoms with Crippen LogP contribution in [0.25, 0.3) is 0 Å². The molecule has 100 valence electrons. The summed E-state index contributed by atoms with van der Waals surface area (Å²) in [5.74, 6) is -0.675. The molecule has 0 saturated heterocycles. The zero-order valence-corrected chi connectivity index (χ0v) is 10.9. The topological polar surface area (TPSA) is 105 Å². The van der Waals surface area contributed by atoms with E-state index < -0.39 is 13.7 Å². The maximum Gasteiger partial charge on any atom is 0.524 e. The Kier molecular flexibility index (Phi) is 4.98. The SMILES string of the molecule is COc1cc(NC(=O)CCl)ccc1OP(=O)(O)O. The number of nitrogens with one attached hydrogen (secondary N) is 1. The van der Waals surface area contributed by atoms with E-state index >= 15 is 0 Å². The lowest BCUT2D eigenvalue weighted by Crippen LogP contribution is -2.12. The van der Waals surface area contributed by atoms with E-state index in [4.69, 9.17) is 26.1 Å². The van der Waals surface area contributed by atoms with Crippen LogP contribution < -0.4 is 14.6 Å². The van der Waals surface area contributed by atoms with E-state index in [9.17, 15) is 9.36 Å². The van der Waals surface area contributed by atoms with Crippen molar-refractivity contribution in [2.24, 2.45) is 0 Å². The maximum absolute atomic E-state index is 11.1. The van der Waals surface area contributed by atoms with Crippen molar-refractivity contribution in [1.82, 2.24) is 0 Å². The number of anilines is 1. The molecule has 1 amide bonds. The molecule has 0 radical (unpaired) electrons. The summed E-state index contributed by atoms with van der Waals surface area (Å²) in [7, 11) is -3.36. The fourth-order valence-electron chi connectivity index (χ4n) is 1.14. The number of rotatable bonds is 5. The Bertz CT molecular complexity index is 488. The van der Waals surface area contributed by atoms with Gasteiger partial charge < -0.3 is 14.6 Å². The Balaban J connectivity index is 2.96. The van der Waals surface area contributed by atoms with Crippen molar-refractivity contribution >= 4 is 31.0 Å². The highest BCUT2D eigenvalue weighted by molar-refractivity contribution is 7.46. The van der Waals surface area contributed by atoms with E-state index in [-0.39, 0.29) is 17.4 Å². The van der Waals surface area contributed by atoms with E-state index in [0.29, 0.717) is 5.69 Å². The lowest BCUT2D eigenvalue weighted by atomic mass is 10.3. The Morgan fingerprint density at radius 2 is 2.11 bits per heavy atom. The molecule has 0 saturated carbocycles. The van der Waals surface area contributed by atoms with Gasteiger partial charge in [0.05, 0.1) is 7.11 Å². The van der Waals surface area contributed by atoms with Crippen molar-refractivity contribution in [3.8, 4) is 11.5 Å². The fourth-order valence-corrected chi connectivity index (χ4v) is 1.62. The summed E-state index contributed by atoms with van der Waals surface area (Å²) < 4.78 is 20.0. The number of benzene rings is 1. The van der Waals surface area contributed by atoms with Crippen molar-refractivity contribution in [2.75, 3.05) is 18.3 Å². The van der Waals surface area contributed by atoms with Gasteiger partial charge in [0.1, 0.15) is 5.88 Å². The number of alkyl halides is 1. The molecule has 0 heterocycles. The number of amides is 1. The second-order valence-electron chi connectivity index (χ2n) is 3.13. The van der Waals surface area contributed by atoms with Crippen LogP contribution in [0.1, 0.15) is 0 Å². The highest BCUT2D eigenvalue weighted by Gasteiger charge is 2.19. The number of ether oxygens (including phenoxy) is 1. The van der Waals surface area contributed by atoms with E-state index in [0.717, 1.165) is 0 Å². The Labute approximate surface area is 108 Å². The molecule has 9 heteroatoms. The Hall–Kier alpha value is -1.27. The summed E-state index contributed by atoms with van der Waals surface area (Å²) in [5, 5.41) is 2.46. The molecule has 0 fully saturated rings. The van der Waals surface area contributed by atoms with Gasteiger partial charge in [0.25, 0.3) is 0 Å². The van der Waals surface area contributed by atoms with Crippen LogP contribution in [-0.4, -0.2) is 28.7 Å². The molecule has 0 aliphatic rings. The normalized spacial score (nSPS) is 10.9. The number of hydrogen-bond donors (Lipinski definition) is 3. The minimum absolute atomic E-state index is 0.0747. The van der Waals surface area contributed by atoms with E-state index in [2.05, 4.69) is 9.84 Å². The number of halogens is 1. The summed E-state index contributed by atoms with van der Waals surface area (Å²) in [6.45, 7) is 0. The first-order chi connectivity index (χ1) is 8.35. The van der Waals surface area contributed by atoms with Crippen LogP contribution in [0.4, 0.5) is 5.69 Å². The smallest absolute Gasteiger partial charge is 0.493 e. The van der Waals surface area contributed by atoms with Crippen LogP contribution in [0.3, 0.4) is 0 Å². The number of phosphoric ester groups is 1. The van der Waals surface area contributed by atoms with Gasteiger partial charge in [-0.1, -0.05) is 0 Å². The van der Waals surface area contributed by atoms with Crippen LogP contribution in [0.5, 0.6) is 11.5 Å². The van der Waals surface area contributed by atoms with E-state index in [1.807, 2.05) is 0 Å². The predicted molar refractivity (Wildman–Crippen MR) is 65.0 cm³/mol. The highest BCUT2D eigenvalue weighted by atomic mass is 35.5. The summed E-state index contributed by atoms with van der Waals surface area (Å²) in [5.41, 5.74) is 0.371. The molecular weight excluding hydrogens is 285 g/mol. The van der Waals surface area contributed by atoms with Crippen molar-refractivity contribution in [3.63, 3.8) is 0 Å². The zero-order chi connectivity index (χ0) is 13.8. The Morgan fingerprint density at radius 3 is 2.61 bits per heavy atom. The third-order valence-electron chi connectivity index (χ3n) is 1.79. The minimum Gasteiger partial charge on any atom is -0.493 e. The lowest BCUT2D eigenvalue weighted by molar-refractivity contribution is -0.113. The van der Waals surface area contributed by atoms with Gasteiger partial charge in [0, 0.05) is 11.8 Å². The van der Waals surface area contributed by atoms with Crippen LogP contribution in [0, 0.1) is 0 Å². The number of carbonyl (C=O) groups excluding carboxylic acids is 1. The molecule has 0 bridgehead atoms. The van der Waals surface area contributed by atoms with Gasteiger partial charge in [-0.15, -0.1) is 11.6 Å². The van der Waals surface area contributed by atoms with Gasteiger partial charge in [0.2, 0.25) is 5.91 Å². The highest BCUT2D eigenvalue weighted by Crippen LogP contribution is 2.42. The third kappa shape index (κ3) is 4.54. The van der Waals surface area contributed by atoms with Gasteiger partial charge in [-0.05, 0) is 12.1 Å². The van der Waals surface area contributed by atoms with Gasteiger partial charge >= 0.3 is 7.82 Å².